The molecule has 0 atom stereocenters. The van der Waals surface area contributed by atoms with Gasteiger partial charge >= 0.3 is 0 Å². The van der Waals surface area contributed by atoms with Crippen molar-refractivity contribution in [3.05, 3.63) is 23.8 Å². The predicted octanol–water partition coefficient (Wildman–Crippen LogP) is 4.39. The Morgan fingerprint density at radius 3 is 2.59 bits per heavy atom. The van der Waals surface area contributed by atoms with Crippen LogP contribution in [0.25, 0.3) is 0 Å². The molecule has 0 radical (unpaired) electrons. The van der Waals surface area contributed by atoms with Crippen molar-refractivity contribution in [3.8, 4) is 11.5 Å². The summed E-state index contributed by atoms with van der Waals surface area (Å²) in [6.45, 7) is 5.51. The quantitative estimate of drug-likeness (QED) is 0.507. The summed E-state index contributed by atoms with van der Waals surface area (Å²) >= 11 is 5.91. The molecule has 0 aliphatic heterocycles. The van der Waals surface area contributed by atoms with Gasteiger partial charge < -0.3 is 9.47 Å². The van der Waals surface area contributed by atoms with Gasteiger partial charge in [-0.3, -0.25) is 0 Å². The van der Waals surface area contributed by atoms with E-state index in [4.69, 9.17) is 21.1 Å². The van der Waals surface area contributed by atoms with Crippen molar-refractivity contribution in [3.63, 3.8) is 0 Å². The lowest BCUT2D eigenvalue weighted by Gasteiger charge is -2.14. The normalized spacial score (nSPS) is 10.3. The second-order valence-electron chi connectivity index (χ2n) is 3.87. The van der Waals surface area contributed by atoms with E-state index < -0.39 is 0 Å². The molecule has 96 valence electrons. The highest BCUT2D eigenvalue weighted by Gasteiger charge is 2.09. The minimum Gasteiger partial charge on any atom is -0.490 e. The molecule has 0 heterocycles. The van der Waals surface area contributed by atoms with E-state index in [1.54, 1.807) is 0 Å². The molecule has 0 saturated heterocycles. The van der Waals surface area contributed by atoms with Gasteiger partial charge in [-0.05, 0) is 19.4 Å². The average molecular weight is 257 g/mol. The number of unbranched alkanes of at least 4 members (excludes halogenated alkanes) is 2. The summed E-state index contributed by atoms with van der Waals surface area (Å²) in [4.78, 5) is 0. The summed E-state index contributed by atoms with van der Waals surface area (Å²) in [5, 5.41) is 0. The van der Waals surface area contributed by atoms with Crippen LogP contribution in [0, 0.1) is 0 Å². The standard InChI is InChI=1S/C14H21ClO2/c1-3-5-6-10-17-14-12(11-15)8-7-9-13(14)16-4-2/h7-9H,3-6,10-11H2,1-2H3. The molecular weight excluding hydrogens is 236 g/mol. The van der Waals surface area contributed by atoms with Gasteiger partial charge in [0.1, 0.15) is 0 Å². The van der Waals surface area contributed by atoms with E-state index in [0.29, 0.717) is 12.5 Å². The van der Waals surface area contributed by atoms with Crippen molar-refractivity contribution in [1.82, 2.24) is 0 Å². The third-order valence-corrected chi connectivity index (χ3v) is 2.79. The molecular formula is C14H21ClO2. The van der Waals surface area contributed by atoms with E-state index in [1.807, 2.05) is 25.1 Å². The van der Waals surface area contributed by atoms with Crippen LogP contribution in [0.1, 0.15) is 38.7 Å². The molecule has 0 aliphatic carbocycles. The van der Waals surface area contributed by atoms with Gasteiger partial charge in [0.15, 0.2) is 11.5 Å². The smallest absolute Gasteiger partial charge is 0.165 e. The van der Waals surface area contributed by atoms with Gasteiger partial charge in [0.25, 0.3) is 0 Å². The van der Waals surface area contributed by atoms with Crippen LogP contribution in [0.2, 0.25) is 0 Å². The topological polar surface area (TPSA) is 18.5 Å². The molecule has 2 nitrogen and oxygen atoms in total. The zero-order chi connectivity index (χ0) is 12.5. The Morgan fingerprint density at radius 2 is 1.94 bits per heavy atom. The van der Waals surface area contributed by atoms with Crippen molar-refractivity contribution >= 4 is 11.6 Å². The molecule has 0 fully saturated rings. The fraction of sp³-hybridized carbons (Fsp3) is 0.571. The molecule has 0 N–H and O–H groups in total. The van der Waals surface area contributed by atoms with Crippen molar-refractivity contribution in [2.45, 2.75) is 39.0 Å². The third-order valence-electron chi connectivity index (χ3n) is 2.50. The number of alkyl halides is 1. The Kier molecular flexibility index (Phi) is 6.87. The first-order valence-corrected chi connectivity index (χ1v) is 6.80. The molecule has 3 heteroatoms. The van der Waals surface area contributed by atoms with E-state index in [1.165, 1.54) is 12.8 Å². The third kappa shape index (κ3) is 4.47. The molecule has 0 spiro atoms. The van der Waals surface area contributed by atoms with Crippen LogP contribution < -0.4 is 9.47 Å². The van der Waals surface area contributed by atoms with Crippen LogP contribution in [-0.2, 0) is 5.88 Å². The largest absolute Gasteiger partial charge is 0.490 e. The lowest BCUT2D eigenvalue weighted by molar-refractivity contribution is 0.269. The molecule has 0 bridgehead atoms. The number of hydrogen-bond donors (Lipinski definition) is 0. The Hall–Kier alpha value is -0.890. The minimum atomic E-state index is 0.448. The van der Waals surface area contributed by atoms with Gasteiger partial charge in [0, 0.05) is 5.56 Å². The summed E-state index contributed by atoms with van der Waals surface area (Å²) in [6.07, 6.45) is 3.45. The minimum absolute atomic E-state index is 0.448. The van der Waals surface area contributed by atoms with Crippen molar-refractivity contribution in [1.29, 1.82) is 0 Å². The van der Waals surface area contributed by atoms with E-state index in [0.717, 1.165) is 30.1 Å². The molecule has 0 aromatic heterocycles. The van der Waals surface area contributed by atoms with Crippen LogP contribution in [0.4, 0.5) is 0 Å². The molecule has 0 aliphatic rings. The monoisotopic (exact) mass is 256 g/mol. The first-order chi connectivity index (χ1) is 8.33. The van der Waals surface area contributed by atoms with Crippen LogP contribution in [0.15, 0.2) is 18.2 Å². The predicted molar refractivity (Wildman–Crippen MR) is 72.2 cm³/mol. The number of hydrogen-bond acceptors (Lipinski definition) is 2. The van der Waals surface area contributed by atoms with Gasteiger partial charge in [-0.25, -0.2) is 0 Å². The van der Waals surface area contributed by atoms with Crippen LogP contribution in [-0.4, -0.2) is 13.2 Å². The van der Waals surface area contributed by atoms with Crippen LogP contribution in [0.3, 0.4) is 0 Å². The van der Waals surface area contributed by atoms with Gasteiger partial charge in [0.05, 0.1) is 19.1 Å². The maximum atomic E-state index is 5.91. The van der Waals surface area contributed by atoms with Gasteiger partial charge in [-0.15, -0.1) is 11.6 Å². The number of para-hydroxylation sites is 1. The van der Waals surface area contributed by atoms with E-state index in [9.17, 15) is 0 Å². The van der Waals surface area contributed by atoms with Crippen LogP contribution in [0.5, 0.6) is 11.5 Å². The second-order valence-corrected chi connectivity index (χ2v) is 4.13. The molecule has 1 rings (SSSR count). The molecule has 0 saturated carbocycles. The summed E-state index contributed by atoms with van der Waals surface area (Å²) in [5.41, 5.74) is 0.995. The van der Waals surface area contributed by atoms with Crippen molar-refractivity contribution in [2.24, 2.45) is 0 Å². The summed E-state index contributed by atoms with van der Waals surface area (Å²) in [5.74, 6) is 2.05. The second kappa shape index (κ2) is 8.24. The zero-order valence-electron chi connectivity index (χ0n) is 10.7. The number of ether oxygens (including phenoxy) is 2. The number of rotatable bonds is 8. The van der Waals surface area contributed by atoms with Gasteiger partial charge in [-0.1, -0.05) is 31.9 Å². The molecule has 17 heavy (non-hydrogen) atoms. The lowest BCUT2D eigenvalue weighted by Crippen LogP contribution is -2.03. The van der Waals surface area contributed by atoms with Gasteiger partial charge in [-0.2, -0.15) is 0 Å². The highest BCUT2D eigenvalue weighted by Crippen LogP contribution is 2.32. The molecule has 0 unspecified atom stereocenters. The summed E-state index contributed by atoms with van der Waals surface area (Å²) in [7, 11) is 0. The van der Waals surface area contributed by atoms with Crippen molar-refractivity contribution < 1.29 is 9.47 Å². The van der Waals surface area contributed by atoms with E-state index in [-0.39, 0.29) is 0 Å². The Balaban J connectivity index is 2.70. The maximum Gasteiger partial charge on any atom is 0.165 e. The fourth-order valence-electron chi connectivity index (χ4n) is 1.63. The number of benzene rings is 1. The Labute approximate surface area is 109 Å². The SMILES string of the molecule is CCCCCOc1c(CCl)cccc1OCC. The Morgan fingerprint density at radius 1 is 1.12 bits per heavy atom. The first kappa shape index (κ1) is 14.2. The number of halogens is 1. The zero-order valence-corrected chi connectivity index (χ0v) is 11.4. The van der Waals surface area contributed by atoms with Crippen LogP contribution >= 0.6 is 11.6 Å². The summed E-state index contributed by atoms with van der Waals surface area (Å²) in [6, 6.07) is 5.85. The highest BCUT2D eigenvalue weighted by molar-refractivity contribution is 6.17. The highest BCUT2D eigenvalue weighted by atomic mass is 35.5. The first-order valence-electron chi connectivity index (χ1n) is 6.26. The summed E-state index contributed by atoms with van der Waals surface area (Å²) < 4.78 is 11.4. The maximum absolute atomic E-state index is 5.91. The lowest BCUT2D eigenvalue weighted by atomic mass is 10.2. The molecule has 1 aromatic rings. The van der Waals surface area contributed by atoms with E-state index in [2.05, 4.69) is 6.92 Å². The Bertz CT molecular complexity index is 326. The van der Waals surface area contributed by atoms with Crippen molar-refractivity contribution in [2.75, 3.05) is 13.2 Å². The average Bonchev–Trinajstić information content (AvgIpc) is 2.36. The fourth-order valence-corrected chi connectivity index (χ4v) is 1.84. The molecule has 1 aromatic carbocycles. The van der Waals surface area contributed by atoms with Gasteiger partial charge in [0.2, 0.25) is 0 Å². The van der Waals surface area contributed by atoms with E-state index >= 15 is 0 Å². The molecule has 0 amide bonds.